The number of fused-ring (bicyclic) bond motifs is 2. The van der Waals surface area contributed by atoms with Crippen LogP contribution in [0.5, 0.6) is 0 Å². The topological polar surface area (TPSA) is 74.8 Å². The molecule has 27 heavy (non-hydrogen) atoms. The van der Waals surface area contributed by atoms with Crippen molar-refractivity contribution in [2.75, 3.05) is 13.1 Å². The zero-order valence-corrected chi connectivity index (χ0v) is 14.8. The van der Waals surface area contributed by atoms with Crippen LogP contribution in [-0.2, 0) is 0 Å². The Morgan fingerprint density at radius 1 is 1.11 bits per heavy atom. The van der Waals surface area contributed by atoms with Gasteiger partial charge in [0.15, 0.2) is 5.65 Å². The highest BCUT2D eigenvalue weighted by Gasteiger charge is 2.28. The smallest absolute Gasteiger partial charge is 0.273 e. The molecule has 4 aromatic rings. The number of amides is 1. The van der Waals surface area contributed by atoms with Crippen LogP contribution in [0.25, 0.3) is 21.8 Å². The molecule has 3 aromatic heterocycles. The quantitative estimate of drug-likeness (QED) is 0.595. The average Bonchev–Trinajstić information content (AvgIpc) is 3.21. The van der Waals surface area contributed by atoms with Gasteiger partial charge in [-0.15, -0.1) is 0 Å². The van der Waals surface area contributed by atoms with Crippen LogP contribution in [-0.4, -0.2) is 44.1 Å². The predicted molar refractivity (Wildman–Crippen MR) is 104 cm³/mol. The Balaban J connectivity index is 1.44. The van der Waals surface area contributed by atoms with E-state index in [1.54, 1.807) is 12.4 Å². The Labute approximate surface area is 156 Å². The van der Waals surface area contributed by atoms with Gasteiger partial charge in [0.25, 0.3) is 5.91 Å². The first-order valence-electron chi connectivity index (χ1n) is 9.22. The molecule has 1 aromatic carbocycles. The summed E-state index contributed by atoms with van der Waals surface area (Å²) in [5.41, 5.74) is 2.34. The van der Waals surface area contributed by atoms with Crippen molar-refractivity contribution in [3.8, 4) is 0 Å². The fraction of sp³-hybridized carbons (Fsp3) is 0.238. The minimum absolute atomic E-state index is 0.000816. The summed E-state index contributed by atoms with van der Waals surface area (Å²) in [7, 11) is 0. The number of hydrogen-bond donors (Lipinski definition) is 1. The van der Waals surface area contributed by atoms with E-state index in [2.05, 4.69) is 15.2 Å². The van der Waals surface area contributed by atoms with Crippen LogP contribution in [0.4, 0.5) is 0 Å². The molecule has 0 spiro atoms. The van der Waals surface area contributed by atoms with Crippen LogP contribution in [0.3, 0.4) is 0 Å². The van der Waals surface area contributed by atoms with Crippen LogP contribution in [0.2, 0.25) is 0 Å². The summed E-state index contributed by atoms with van der Waals surface area (Å²) in [6.45, 7) is 1.42. The van der Waals surface area contributed by atoms with Gasteiger partial charge >= 0.3 is 0 Å². The van der Waals surface area contributed by atoms with Gasteiger partial charge in [-0.05, 0) is 36.4 Å². The van der Waals surface area contributed by atoms with E-state index in [9.17, 15) is 4.79 Å². The number of rotatable bonds is 2. The zero-order chi connectivity index (χ0) is 18.2. The first kappa shape index (κ1) is 15.9. The van der Waals surface area contributed by atoms with Gasteiger partial charge in [0.05, 0.1) is 6.20 Å². The van der Waals surface area contributed by atoms with Gasteiger partial charge in [-0.3, -0.25) is 14.9 Å². The number of pyridine rings is 2. The third kappa shape index (κ3) is 2.83. The van der Waals surface area contributed by atoms with E-state index in [0.29, 0.717) is 12.2 Å². The monoisotopic (exact) mass is 357 g/mol. The number of hydrogen-bond acceptors (Lipinski definition) is 4. The Hall–Kier alpha value is -3.28. The highest BCUT2D eigenvalue weighted by Crippen LogP contribution is 2.28. The Bertz CT molecular complexity index is 1130. The molecule has 0 bridgehead atoms. The minimum Gasteiger partial charge on any atom is -0.337 e. The van der Waals surface area contributed by atoms with Gasteiger partial charge < -0.3 is 4.90 Å². The van der Waals surface area contributed by atoms with Gasteiger partial charge in [-0.1, -0.05) is 24.3 Å². The normalized spacial score (nSPS) is 17.5. The van der Waals surface area contributed by atoms with Crippen LogP contribution in [0, 0.1) is 0 Å². The number of carbonyl (C=O) groups is 1. The van der Waals surface area contributed by atoms with Gasteiger partial charge in [0.1, 0.15) is 5.69 Å². The Morgan fingerprint density at radius 2 is 2.04 bits per heavy atom. The van der Waals surface area contributed by atoms with Crippen LogP contribution >= 0.6 is 0 Å². The maximum absolute atomic E-state index is 13.2. The van der Waals surface area contributed by atoms with E-state index in [-0.39, 0.29) is 11.8 Å². The molecule has 0 aliphatic carbocycles. The zero-order valence-electron chi connectivity index (χ0n) is 14.8. The largest absolute Gasteiger partial charge is 0.337 e. The number of nitrogens with one attached hydrogen (secondary N) is 1. The number of piperidine rings is 1. The van der Waals surface area contributed by atoms with E-state index in [0.717, 1.165) is 46.9 Å². The Morgan fingerprint density at radius 3 is 3.00 bits per heavy atom. The second kappa shape index (κ2) is 6.46. The molecule has 1 N–H and O–H groups in total. The molecule has 1 unspecified atom stereocenters. The number of aromatic amines is 1. The van der Waals surface area contributed by atoms with Gasteiger partial charge in [-0.25, -0.2) is 4.98 Å². The van der Waals surface area contributed by atoms with Crippen molar-refractivity contribution in [1.82, 2.24) is 25.1 Å². The molecule has 1 saturated heterocycles. The maximum Gasteiger partial charge on any atom is 0.273 e. The summed E-state index contributed by atoms with van der Waals surface area (Å²) in [6.07, 6.45) is 5.48. The summed E-state index contributed by atoms with van der Waals surface area (Å²) in [4.78, 5) is 24.2. The van der Waals surface area contributed by atoms with Crippen LogP contribution < -0.4 is 0 Å². The van der Waals surface area contributed by atoms with E-state index in [4.69, 9.17) is 4.98 Å². The lowest BCUT2D eigenvalue weighted by Crippen LogP contribution is -2.39. The SMILES string of the molecule is O=C(c1nccc2ccccc12)N1CCCC(c2ccc3cn[nH]c3n2)C1. The van der Waals surface area contributed by atoms with Crippen molar-refractivity contribution in [3.63, 3.8) is 0 Å². The van der Waals surface area contributed by atoms with E-state index >= 15 is 0 Å². The molecule has 1 atom stereocenters. The van der Waals surface area contributed by atoms with E-state index in [1.807, 2.05) is 47.4 Å². The first-order chi connectivity index (χ1) is 13.3. The Kier molecular flexibility index (Phi) is 3.81. The van der Waals surface area contributed by atoms with Gasteiger partial charge in [0, 0.05) is 41.7 Å². The van der Waals surface area contributed by atoms with Crippen molar-refractivity contribution in [2.24, 2.45) is 0 Å². The molecule has 5 rings (SSSR count). The summed E-state index contributed by atoms with van der Waals surface area (Å²) in [6, 6.07) is 13.9. The summed E-state index contributed by atoms with van der Waals surface area (Å²) >= 11 is 0. The van der Waals surface area contributed by atoms with Crippen LogP contribution in [0.1, 0.15) is 34.9 Å². The summed E-state index contributed by atoms with van der Waals surface area (Å²) in [5, 5.41) is 9.91. The highest BCUT2D eigenvalue weighted by atomic mass is 16.2. The molecule has 1 amide bonds. The molecule has 6 nitrogen and oxygen atoms in total. The van der Waals surface area contributed by atoms with Crippen molar-refractivity contribution in [3.05, 3.63) is 66.2 Å². The third-order valence-electron chi connectivity index (χ3n) is 5.33. The predicted octanol–water partition coefficient (Wildman–Crippen LogP) is 3.53. The summed E-state index contributed by atoms with van der Waals surface area (Å²) in [5.74, 6) is 0.226. The molecule has 6 heteroatoms. The lowest BCUT2D eigenvalue weighted by Gasteiger charge is -2.32. The average molecular weight is 357 g/mol. The number of nitrogens with zero attached hydrogens (tertiary/aromatic N) is 4. The summed E-state index contributed by atoms with van der Waals surface area (Å²) < 4.78 is 0. The van der Waals surface area contributed by atoms with Crippen molar-refractivity contribution >= 4 is 27.7 Å². The molecule has 1 aliphatic heterocycles. The van der Waals surface area contributed by atoms with Crippen molar-refractivity contribution in [2.45, 2.75) is 18.8 Å². The highest BCUT2D eigenvalue weighted by molar-refractivity contribution is 6.05. The maximum atomic E-state index is 13.2. The molecule has 1 fully saturated rings. The molecule has 0 radical (unpaired) electrons. The lowest BCUT2D eigenvalue weighted by atomic mass is 9.93. The first-order valence-corrected chi connectivity index (χ1v) is 9.22. The number of H-pyrrole nitrogens is 1. The molecule has 1 aliphatic rings. The number of likely N-dealkylation sites (tertiary alicyclic amines) is 1. The fourth-order valence-electron chi connectivity index (χ4n) is 3.91. The minimum atomic E-state index is -0.000816. The van der Waals surface area contributed by atoms with E-state index < -0.39 is 0 Å². The van der Waals surface area contributed by atoms with Crippen molar-refractivity contribution in [1.29, 1.82) is 0 Å². The molecule has 0 saturated carbocycles. The van der Waals surface area contributed by atoms with Gasteiger partial charge in [-0.2, -0.15) is 5.10 Å². The van der Waals surface area contributed by atoms with Gasteiger partial charge in [0.2, 0.25) is 0 Å². The lowest BCUT2D eigenvalue weighted by molar-refractivity contribution is 0.0702. The third-order valence-corrected chi connectivity index (χ3v) is 5.33. The molecule has 4 heterocycles. The number of aromatic nitrogens is 4. The second-order valence-electron chi connectivity index (χ2n) is 7.01. The number of benzene rings is 1. The van der Waals surface area contributed by atoms with Crippen molar-refractivity contribution < 1.29 is 4.79 Å². The molecule has 134 valence electrons. The standard InChI is InChI=1S/C21H19N5O/c27-21(19-17-6-2-1-4-14(17)9-10-22-19)26-11-3-5-16(13-26)18-8-7-15-12-23-25-20(15)24-18/h1-2,4,6-10,12,16H,3,5,11,13H2,(H,23,24,25). The number of carbonyl (C=O) groups excluding carboxylic acids is 1. The second-order valence-corrected chi connectivity index (χ2v) is 7.01. The molecular weight excluding hydrogens is 338 g/mol. The molecular formula is C21H19N5O. The fourth-order valence-corrected chi connectivity index (χ4v) is 3.91. The van der Waals surface area contributed by atoms with Crippen LogP contribution in [0.15, 0.2) is 54.9 Å². The van der Waals surface area contributed by atoms with E-state index in [1.165, 1.54) is 0 Å².